The number of ether oxygens (including phenoxy) is 1. The van der Waals surface area contributed by atoms with Crippen LogP contribution in [0.5, 0.6) is 5.75 Å². The second kappa shape index (κ2) is 10.2. The molecule has 0 unspecified atom stereocenters. The minimum atomic E-state index is -0.394. The van der Waals surface area contributed by atoms with Gasteiger partial charge in [-0.2, -0.15) is 0 Å². The number of hydrogen-bond donors (Lipinski definition) is 0. The third-order valence-electron chi connectivity index (χ3n) is 7.05. The number of aromatic nitrogens is 1. The topological polar surface area (TPSA) is 77.6 Å². The average molecular weight is 484 g/mol. The van der Waals surface area contributed by atoms with Crippen molar-refractivity contribution in [1.29, 1.82) is 0 Å². The predicted molar refractivity (Wildman–Crippen MR) is 139 cm³/mol. The van der Waals surface area contributed by atoms with Crippen LogP contribution >= 0.6 is 0 Å². The highest BCUT2D eigenvalue weighted by Gasteiger charge is 2.27. The van der Waals surface area contributed by atoms with Gasteiger partial charge in [0.2, 0.25) is 5.91 Å². The van der Waals surface area contributed by atoms with E-state index in [1.54, 1.807) is 19.2 Å². The van der Waals surface area contributed by atoms with E-state index < -0.39 is 4.92 Å². The number of fused-ring (bicyclic) bond motifs is 1. The average Bonchev–Trinajstić information content (AvgIpc) is 3.57. The summed E-state index contributed by atoms with van der Waals surface area (Å²) in [7, 11) is 1.66. The number of para-hydroxylation sites is 1. The number of benzene rings is 3. The highest BCUT2D eigenvalue weighted by molar-refractivity contribution is 5.87. The fraction of sp³-hybridized carbons (Fsp3) is 0.276. The largest absolute Gasteiger partial charge is 0.497 e. The van der Waals surface area contributed by atoms with Gasteiger partial charge < -0.3 is 14.2 Å². The molecule has 0 saturated carbocycles. The van der Waals surface area contributed by atoms with Gasteiger partial charge in [-0.3, -0.25) is 14.9 Å². The maximum atomic E-state index is 13.3. The molecule has 0 N–H and O–H groups in total. The number of nitrogens with zero attached hydrogens (tertiary/aromatic N) is 3. The molecule has 184 valence electrons. The summed E-state index contributed by atoms with van der Waals surface area (Å²) in [6, 6.07) is 22.9. The fourth-order valence-corrected chi connectivity index (χ4v) is 5.12. The summed E-state index contributed by atoms with van der Waals surface area (Å²) < 4.78 is 7.51. The second-order valence-corrected chi connectivity index (χ2v) is 9.27. The van der Waals surface area contributed by atoms with Crippen molar-refractivity contribution in [3.05, 3.63) is 106 Å². The number of non-ortho nitro benzene ring substituents is 1. The number of amides is 1. The number of rotatable bonds is 8. The van der Waals surface area contributed by atoms with Crippen molar-refractivity contribution in [1.82, 2.24) is 9.47 Å². The molecule has 1 atom stereocenters. The van der Waals surface area contributed by atoms with Crippen LogP contribution in [0.2, 0.25) is 0 Å². The molecule has 3 aromatic carbocycles. The number of likely N-dealkylation sites (tertiary alicyclic amines) is 1. The molecule has 5 rings (SSSR count). The van der Waals surface area contributed by atoms with E-state index in [2.05, 4.69) is 35.0 Å². The van der Waals surface area contributed by atoms with E-state index in [4.69, 9.17) is 4.74 Å². The quantitative estimate of drug-likeness (QED) is 0.236. The zero-order valence-electron chi connectivity index (χ0n) is 20.3. The normalized spacial score (nSPS) is 14.2. The number of methoxy groups -OCH3 is 1. The lowest BCUT2D eigenvalue weighted by molar-refractivity contribution is -0.384. The number of carbonyl (C=O) groups excluding carboxylic acids is 1. The summed E-state index contributed by atoms with van der Waals surface area (Å²) in [5.74, 6) is 0.735. The maximum absolute atomic E-state index is 13.3. The lowest BCUT2D eigenvalue weighted by Crippen LogP contribution is -2.29. The smallest absolute Gasteiger partial charge is 0.269 e. The van der Waals surface area contributed by atoms with Gasteiger partial charge in [-0.05, 0) is 47.7 Å². The first-order chi connectivity index (χ1) is 17.5. The minimum absolute atomic E-state index is 0.0466. The monoisotopic (exact) mass is 483 g/mol. The van der Waals surface area contributed by atoms with Crippen molar-refractivity contribution in [2.75, 3.05) is 20.2 Å². The molecule has 0 aliphatic carbocycles. The van der Waals surface area contributed by atoms with Gasteiger partial charge in [0.1, 0.15) is 5.75 Å². The van der Waals surface area contributed by atoms with Crippen molar-refractivity contribution >= 4 is 22.5 Å². The fourth-order valence-electron chi connectivity index (χ4n) is 5.12. The van der Waals surface area contributed by atoms with Crippen molar-refractivity contribution in [2.45, 2.75) is 31.7 Å². The Labute approximate surface area is 210 Å². The summed E-state index contributed by atoms with van der Waals surface area (Å²) in [6.07, 6.45) is 4.54. The van der Waals surface area contributed by atoms with Crippen LogP contribution in [0.4, 0.5) is 5.69 Å². The number of nitro groups is 1. The molecule has 7 nitrogen and oxygen atoms in total. The SMILES string of the molecule is COc1ccc(Cn2cc([C@@H](CC(=O)N3CCCC3)c3ccc([N+](=O)[O-])cc3)c3ccccc32)cc1. The Bertz CT molecular complexity index is 1370. The van der Waals surface area contributed by atoms with Crippen LogP contribution in [-0.2, 0) is 11.3 Å². The molecule has 0 spiro atoms. The lowest BCUT2D eigenvalue weighted by Gasteiger charge is -2.21. The van der Waals surface area contributed by atoms with Crippen molar-refractivity contribution < 1.29 is 14.5 Å². The Morgan fingerprint density at radius 2 is 1.69 bits per heavy atom. The highest BCUT2D eigenvalue weighted by atomic mass is 16.6. The van der Waals surface area contributed by atoms with E-state index >= 15 is 0 Å². The molecule has 1 aromatic heterocycles. The molecule has 36 heavy (non-hydrogen) atoms. The van der Waals surface area contributed by atoms with E-state index in [1.807, 2.05) is 29.2 Å². The van der Waals surface area contributed by atoms with Crippen molar-refractivity contribution in [3.8, 4) is 5.75 Å². The van der Waals surface area contributed by atoms with Gasteiger partial charge in [-0.1, -0.05) is 42.5 Å². The first kappa shape index (κ1) is 23.6. The first-order valence-corrected chi connectivity index (χ1v) is 12.3. The molecule has 0 radical (unpaired) electrons. The van der Waals surface area contributed by atoms with E-state index in [0.29, 0.717) is 13.0 Å². The molecule has 1 saturated heterocycles. The third-order valence-corrected chi connectivity index (χ3v) is 7.05. The summed E-state index contributed by atoms with van der Waals surface area (Å²) in [5, 5.41) is 12.3. The maximum Gasteiger partial charge on any atom is 0.269 e. The first-order valence-electron chi connectivity index (χ1n) is 12.3. The van der Waals surface area contributed by atoms with Crippen LogP contribution < -0.4 is 4.74 Å². The van der Waals surface area contributed by atoms with E-state index in [1.165, 1.54) is 12.1 Å². The summed E-state index contributed by atoms with van der Waals surface area (Å²) in [5.41, 5.74) is 4.23. The van der Waals surface area contributed by atoms with Gasteiger partial charge in [0.25, 0.3) is 5.69 Å². The van der Waals surface area contributed by atoms with Crippen LogP contribution in [0, 0.1) is 10.1 Å². The lowest BCUT2D eigenvalue weighted by atomic mass is 9.87. The van der Waals surface area contributed by atoms with Gasteiger partial charge in [0.15, 0.2) is 0 Å². The zero-order chi connectivity index (χ0) is 25.1. The van der Waals surface area contributed by atoms with Crippen LogP contribution in [-0.4, -0.2) is 40.5 Å². The van der Waals surface area contributed by atoms with E-state index in [0.717, 1.165) is 59.3 Å². The molecule has 1 fully saturated rings. The molecule has 0 bridgehead atoms. The Kier molecular flexibility index (Phi) is 6.71. The molecule has 1 aliphatic rings. The number of hydrogen-bond acceptors (Lipinski definition) is 4. The molecule has 1 aliphatic heterocycles. The van der Waals surface area contributed by atoms with Crippen molar-refractivity contribution in [3.63, 3.8) is 0 Å². The Hall–Kier alpha value is -4.13. The molecular formula is C29H29N3O4. The van der Waals surface area contributed by atoms with Crippen LogP contribution in [0.15, 0.2) is 79.0 Å². The Morgan fingerprint density at radius 3 is 2.36 bits per heavy atom. The van der Waals surface area contributed by atoms with Gasteiger partial charge in [-0.15, -0.1) is 0 Å². The zero-order valence-corrected chi connectivity index (χ0v) is 20.3. The van der Waals surface area contributed by atoms with E-state index in [-0.39, 0.29) is 17.5 Å². The Balaban J connectivity index is 1.55. The number of nitro benzene ring substituents is 1. The summed E-state index contributed by atoms with van der Waals surface area (Å²) in [6.45, 7) is 2.27. The standard InChI is InChI=1S/C29H29N3O4/c1-36-24-14-8-21(9-15-24)19-31-20-27(25-6-2-3-7-28(25)31)26(18-29(33)30-16-4-5-17-30)22-10-12-23(13-11-22)32(34)35/h2-3,6-15,20,26H,4-5,16-19H2,1H3/t26-/m0/s1. The van der Waals surface area contributed by atoms with Crippen molar-refractivity contribution in [2.24, 2.45) is 0 Å². The number of carbonyl (C=O) groups is 1. The molecule has 4 aromatic rings. The van der Waals surface area contributed by atoms with Crippen LogP contribution in [0.1, 0.15) is 41.9 Å². The molecule has 7 heteroatoms. The summed E-state index contributed by atoms with van der Waals surface area (Å²) >= 11 is 0. The van der Waals surface area contributed by atoms with Gasteiger partial charge in [0.05, 0.1) is 12.0 Å². The van der Waals surface area contributed by atoms with Gasteiger partial charge in [-0.25, -0.2) is 0 Å². The van der Waals surface area contributed by atoms with Crippen LogP contribution in [0.3, 0.4) is 0 Å². The van der Waals surface area contributed by atoms with Gasteiger partial charge in [0, 0.05) is 61.2 Å². The molecular weight excluding hydrogens is 454 g/mol. The Morgan fingerprint density at radius 1 is 1.00 bits per heavy atom. The third kappa shape index (κ3) is 4.82. The summed E-state index contributed by atoms with van der Waals surface area (Å²) in [4.78, 5) is 26.0. The minimum Gasteiger partial charge on any atom is -0.497 e. The predicted octanol–water partition coefficient (Wildman–Crippen LogP) is 5.75. The molecule has 1 amide bonds. The van der Waals surface area contributed by atoms with Gasteiger partial charge >= 0.3 is 0 Å². The molecule has 2 heterocycles. The second-order valence-electron chi connectivity index (χ2n) is 9.27. The van der Waals surface area contributed by atoms with Crippen LogP contribution in [0.25, 0.3) is 10.9 Å². The van der Waals surface area contributed by atoms with E-state index in [9.17, 15) is 14.9 Å². The highest BCUT2D eigenvalue weighted by Crippen LogP contribution is 2.36.